The zero-order chi connectivity index (χ0) is 22.1. The highest BCUT2D eigenvalue weighted by Crippen LogP contribution is 2.26. The van der Waals surface area contributed by atoms with Crippen molar-refractivity contribution >= 4 is 11.6 Å². The van der Waals surface area contributed by atoms with Gasteiger partial charge in [-0.3, -0.25) is 4.79 Å². The zero-order valence-electron chi connectivity index (χ0n) is 18.7. The highest BCUT2D eigenvalue weighted by atomic mass is 16.2. The van der Waals surface area contributed by atoms with E-state index in [1.54, 1.807) is 16.9 Å². The number of aromatic nitrogens is 3. The fourth-order valence-corrected chi connectivity index (χ4v) is 4.62. The Kier molecular flexibility index (Phi) is 5.48. The Labute approximate surface area is 188 Å². The molecule has 5 heteroatoms. The Morgan fingerprint density at radius 2 is 1.78 bits per heavy atom. The molecule has 0 unspecified atom stereocenters. The van der Waals surface area contributed by atoms with Crippen LogP contribution in [0.25, 0.3) is 16.9 Å². The molecule has 0 radical (unpaired) electrons. The van der Waals surface area contributed by atoms with Crippen molar-refractivity contribution in [3.8, 4) is 11.3 Å². The van der Waals surface area contributed by atoms with Gasteiger partial charge in [0.2, 0.25) is 0 Å². The second-order valence-corrected chi connectivity index (χ2v) is 8.85. The minimum absolute atomic E-state index is 0.0305. The zero-order valence-corrected chi connectivity index (χ0v) is 18.7. The maximum Gasteiger partial charge on any atom is 0.259 e. The number of likely N-dealkylation sites (tertiary alicyclic amines) is 1. The third kappa shape index (κ3) is 3.91. The quantitative estimate of drug-likeness (QED) is 0.458. The van der Waals surface area contributed by atoms with Gasteiger partial charge in [-0.2, -0.15) is 5.10 Å². The van der Waals surface area contributed by atoms with E-state index in [0.29, 0.717) is 17.1 Å². The summed E-state index contributed by atoms with van der Waals surface area (Å²) in [7, 11) is 0. The number of hydrogen-bond donors (Lipinski definition) is 0. The summed E-state index contributed by atoms with van der Waals surface area (Å²) in [5.41, 5.74) is 7.08. The van der Waals surface area contributed by atoms with Gasteiger partial charge >= 0.3 is 0 Å². The molecular weight excluding hydrogens is 396 g/mol. The predicted octanol–water partition coefficient (Wildman–Crippen LogP) is 5.11. The molecule has 0 atom stereocenters. The molecule has 5 nitrogen and oxygen atoms in total. The summed E-state index contributed by atoms with van der Waals surface area (Å²) in [6.45, 7) is 5.78. The van der Waals surface area contributed by atoms with E-state index in [-0.39, 0.29) is 5.91 Å². The maximum atomic E-state index is 13.3. The largest absolute Gasteiger partial charge is 0.338 e. The van der Waals surface area contributed by atoms with Gasteiger partial charge in [-0.15, -0.1) is 0 Å². The van der Waals surface area contributed by atoms with Crippen LogP contribution in [-0.2, 0) is 6.42 Å². The average Bonchev–Trinajstić information content (AvgIpc) is 3.26. The molecule has 2 aromatic carbocycles. The van der Waals surface area contributed by atoms with Gasteiger partial charge < -0.3 is 4.90 Å². The van der Waals surface area contributed by atoms with Gasteiger partial charge in [0.1, 0.15) is 5.56 Å². The molecule has 162 valence electrons. The van der Waals surface area contributed by atoms with Crippen LogP contribution in [0, 0.1) is 19.8 Å². The molecule has 2 aromatic heterocycles. The van der Waals surface area contributed by atoms with E-state index in [2.05, 4.69) is 72.5 Å². The first kappa shape index (κ1) is 20.4. The minimum atomic E-state index is 0.0305. The molecule has 5 rings (SSSR count). The fraction of sp³-hybridized carbons (Fsp3) is 0.296. The van der Waals surface area contributed by atoms with Gasteiger partial charge in [0.15, 0.2) is 5.65 Å². The van der Waals surface area contributed by atoms with Crippen LogP contribution < -0.4 is 0 Å². The van der Waals surface area contributed by atoms with Gasteiger partial charge in [-0.05, 0) is 67.9 Å². The number of carbonyl (C=O) groups excluding carboxylic acids is 1. The van der Waals surface area contributed by atoms with E-state index in [4.69, 9.17) is 0 Å². The van der Waals surface area contributed by atoms with Gasteiger partial charge in [-0.1, -0.05) is 42.5 Å². The number of fused-ring (bicyclic) bond motifs is 1. The number of piperidine rings is 1. The number of carbonyl (C=O) groups is 1. The van der Waals surface area contributed by atoms with Gasteiger partial charge in [0.05, 0.1) is 11.9 Å². The Hall–Kier alpha value is -3.47. The smallest absolute Gasteiger partial charge is 0.259 e. The normalized spacial score (nSPS) is 14.8. The van der Waals surface area contributed by atoms with Crippen molar-refractivity contribution in [2.24, 2.45) is 5.92 Å². The molecule has 32 heavy (non-hydrogen) atoms. The van der Waals surface area contributed by atoms with Crippen molar-refractivity contribution in [3.05, 3.63) is 89.2 Å². The summed E-state index contributed by atoms with van der Waals surface area (Å²) in [5.74, 6) is 0.655. The fourth-order valence-electron chi connectivity index (χ4n) is 4.62. The number of amides is 1. The van der Waals surface area contributed by atoms with E-state index in [1.807, 2.05) is 11.0 Å². The van der Waals surface area contributed by atoms with Crippen molar-refractivity contribution in [2.75, 3.05) is 13.1 Å². The monoisotopic (exact) mass is 424 g/mol. The Bertz CT molecular complexity index is 1250. The number of rotatable bonds is 4. The number of hydrogen-bond acceptors (Lipinski definition) is 3. The molecule has 1 amide bonds. The first-order valence-corrected chi connectivity index (χ1v) is 11.3. The van der Waals surface area contributed by atoms with Crippen LogP contribution in [-0.4, -0.2) is 38.5 Å². The lowest BCUT2D eigenvalue weighted by Gasteiger charge is -2.32. The highest BCUT2D eigenvalue weighted by Gasteiger charge is 2.26. The summed E-state index contributed by atoms with van der Waals surface area (Å²) in [4.78, 5) is 19.8. The van der Waals surface area contributed by atoms with E-state index in [9.17, 15) is 4.79 Å². The number of benzene rings is 2. The third-order valence-corrected chi connectivity index (χ3v) is 6.70. The molecule has 1 aliphatic heterocycles. The molecule has 1 aliphatic rings. The lowest BCUT2D eigenvalue weighted by atomic mass is 9.90. The second-order valence-electron chi connectivity index (χ2n) is 8.85. The van der Waals surface area contributed by atoms with Crippen LogP contribution in [0.1, 0.15) is 39.9 Å². The lowest BCUT2D eigenvalue weighted by molar-refractivity contribution is 0.0692. The van der Waals surface area contributed by atoms with E-state index in [1.165, 1.54) is 16.7 Å². The average molecular weight is 425 g/mol. The van der Waals surface area contributed by atoms with Crippen LogP contribution in [0.3, 0.4) is 0 Å². The lowest BCUT2D eigenvalue weighted by Crippen LogP contribution is -2.38. The Morgan fingerprint density at radius 1 is 1.00 bits per heavy atom. The summed E-state index contributed by atoms with van der Waals surface area (Å²) in [6, 6.07) is 18.9. The van der Waals surface area contributed by atoms with E-state index in [0.717, 1.165) is 43.6 Å². The van der Waals surface area contributed by atoms with Crippen molar-refractivity contribution in [2.45, 2.75) is 33.1 Å². The first-order chi connectivity index (χ1) is 15.6. The van der Waals surface area contributed by atoms with Gasteiger partial charge in [-0.25, -0.2) is 9.50 Å². The highest BCUT2D eigenvalue weighted by molar-refractivity contribution is 6.00. The van der Waals surface area contributed by atoms with E-state index < -0.39 is 0 Å². The first-order valence-electron chi connectivity index (χ1n) is 11.3. The number of aryl methyl sites for hydroxylation is 2. The van der Waals surface area contributed by atoms with Crippen LogP contribution in [0.2, 0.25) is 0 Å². The van der Waals surface area contributed by atoms with E-state index >= 15 is 0 Å². The molecule has 1 saturated heterocycles. The molecule has 0 N–H and O–H groups in total. The molecule has 4 aromatic rings. The molecular formula is C27H28N4O. The number of nitrogens with zero attached hydrogens (tertiary/aromatic N) is 4. The topological polar surface area (TPSA) is 50.5 Å². The summed E-state index contributed by atoms with van der Waals surface area (Å²) >= 11 is 0. The van der Waals surface area contributed by atoms with Crippen LogP contribution in [0.5, 0.6) is 0 Å². The Morgan fingerprint density at radius 3 is 2.53 bits per heavy atom. The molecule has 0 saturated carbocycles. The van der Waals surface area contributed by atoms with Crippen LogP contribution in [0.4, 0.5) is 0 Å². The third-order valence-electron chi connectivity index (χ3n) is 6.70. The van der Waals surface area contributed by atoms with Crippen molar-refractivity contribution in [1.29, 1.82) is 0 Å². The minimum Gasteiger partial charge on any atom is -0.338 e. The van der Waals surface area contributed by atoms with Crippen molar-refractivity contribution < 1.29 is 4.79 Å². The van der Waals surface area contributed by atoms with Gasteiger partial charge in [0, 0.05) is 24.8 Å². The second kappa shape index (κ2) is 8.58. The summed E-state index contributed by atoms with van der Waals surface area (Å²) in [5, 5.41) is 4.54. The van der Waals surface area contributed by atoms with Crippen LogP contribution in [0.15, 0.2) is 67.0 Å². The molecule has 1 fully saturated rings. The maximum absolute atomic E-state index is 13.3. The predicted molar refractivity (Wildman–Crippen MR) is 127 cm³/mol. The molecule has 3 heterocycles. The SMILES string of the molecule is Cc1ccc(-c2ccnc3c(C(=O)N4CCC(Cc5ccccc5)CC4)cnn23)cc1C. The van der Waals surface area contributed by atoms with Crippen molar-refractivity contribution in [1.82, 2.24) is 19.5 Å². The summed E-state index contributed by atoms with van der Waals surface area (Å²) < 4.78 is 1.79. The Balaban J connectivity index is 1.34. The summed E-state index contributed by atoms with van der Waals surface area (Å²) in [6.07, 6.45) is 6.58. The molecule has 0 aliphatic carbocycles. The molecule has 0 bridgehead atoms. The van der Waals surface area contributed by atoms with Gasteiger partial charge in [0.25, 0.3) is 5.91 Å². The molecule has 0 spiro atoms. The van der Waals surface area contributed by atoms with Crippen LogP contribution >= 0.6 is 0 Å². The standard InChI is InChI=1S/C27H28N4O/c1-19-8-9-23(16-20(19)2)25-10-13-28-26-24(18-29-31(25)26)27(32)30-14-11-22(12-15-30)17-21-6-4-3-5-7-21/h3-10,13,16,18,22H,11-12,14-15,17H2,1-2H3. The van der Waals surface area contributed by atoms with Crippen molar-refractivity contribution in [3.63, 3.8) is 0 Å².